The van der Waals surface area contributed by atoms with Gasteiger partial charge < -0.3 is 17.7 Å². The average molecular weight is 515 g/mol. The van der Waals surface area contributed by atoms with Crippen molar-refractivity contribution in [1.29, 1.82) is 0 Å². The number of hydrogen-bond donors (Lipinski definition) is 0. The molecule has 0 fully saturated rings. The fraction of sp³-hybridized carbons (Fsp3) is 1.00. The SMILES string of the molecule is C[Si](C)(C)OC(CC[SiH3])(OC(CC[SiH3])(O[Si](C)(C)C)O[Si](C)(C)C)O[Si](C)(C)C. The summed E-state index contributed by atoms with van der Waals surface area (Å²) in [7, 11) is -5.72. The van der Waals surface area contributed by atoms with Gasteiger partial charge >= 0.3 is 0 Å². The van der Waals surface area contributed by atoms with Gasteiger partial charge in [-0.25, -0.2) is 0 Å². The zero-order chi connectivity index (χ0) is 23.4. The second kappa shape index (κ2) is 10.8. The second-order valence-electron chi connectivity index (χ2n) is 11.8. The van der Waals surface area contributed by atoms with Crippen molar-refractivity contribution in [2.24, 2.45) is 0 Å². The van der Waals surface area contributed by atoms with Gasteiger partial charge in [-0.3, -0.25) is 4.74 Å². The molecule has 0 atom stereocenters. The second-order valence-corrected chi connectivity index (χ2v) is 31.5. The van der Waals surface area contributed by atoms with Crippen molar-refractivity contribution in [1.82, 2.24) is 0 Å². The van der Waals surface area contributed by atoms with E-state index >= 15 is 0 Å². The standard InChI is InChI=1S/C18H50O5Si6/c1-26(2,3)20-17(13-15-24,21-27(4,5)6)19-18(14-16-25,22-28(7,8)9)23-29(10,11)12/h13-16H2,1-12,24-25H3. The Labute approximate surface area is 191 Å². The van der Waals surface area contributed by atoms with E-state index in [4.69, 9.17) is 22.4 Å². The number of hydrogen-bond acceptors (Lipinski definition) is 5. The van der Waals surface area contributed by atoms with E-state index in [2.05, 4.69) is 78.6 Å². The van der Waals surface area contributed by atoms with Crippen LogP contribution in [0.5, 0.6) is 0 Å². The quantitative estimate of drug-likeness (QED) is 0.258. The third kappa shape index (κ3) is 14.0. The summed E-state index contributed by atoms with van der Waals surface area (Å²) < 4.78 is 33.7. The maximum Gasteiger partial charge on any atom is 0.267 e. The first-order valence-corrected chi connectivity index (χ1v) is 27.6. The minimum atomic E-state index is -1.96. The number of rotatable bonds is 14. The van der Waals surface area contributed by atoms with Crippen LogP contribution in [0.25, 0.3) is 0 Å². The summed E-state index contributed by atoms with van der Waals surface area (Å²) in [5, 5.41) is 0. The molecule has 0 aromatic heterocycles. The van der Waals surface area contributed by atoms with Gasteiger partial charge in [0, 0.05) is 33.3 Å². The molecule has 0 saturated carbocycles. The van der Waals surface area contributed by atoms with Crippen molar-refractivity contribution in [2.45, 2.75) is 115 Å². The molecule has 0 amide bonds. The molecule has 29 heavy (non-hydrogen) atoms. The lowest BCUT2D eigenvalue weighted by Gasteiger charge is -2.50. The highest BCUT2D eigenvalue weighted by molar-refractivity contribution is 6.71. The molecular formula is C18H50O5Si6. The maximum atomic E-state index is 6.91. The molecule has 0 spiro atoms. The molecule has 0 rings (SSSR count). The fourth-order valence-corrected chi connectivity index (χ4v) is 9.01. The Balaban J connectivity index is 6.48. The lowest BCUT2D eigenvalue weighted by molar-refractivity contribution is -0.445. The molecule has 176 valence electrons. The Bertz CT molecular complexity index is 415. The Morgan fingerprint density at radius 1 is 0.483 bits per heavy atom. The number of ether oxygens (including phenoxy) is 1. The molecule has 5 nitrogen and oxygen atoms in total. The highest BCUT2D eigenvalue weighted by atomic mass is 28.4. The maximum absolute atomic E-state index is 6.91. The lowest BCUT2D eigenvalue weighted by atomic mass is 10.3. The van der Waals surface area contributed by atoms with Gasteiger partial charge in [0.25, 0.3) is 11.9 Å². The first-order valence-electron chi connectivity index (χ1n) is 11.2. The molecule has 0 radical (unpaired) electrons. The third-order valence-corrected chi connectivity index (χ3v) is 7.96. The van der Waals surface area contributed by atoms with Crippen molar-refractivity contribution >= 4 is 53.8 Å². The van der Waals surface area contributed by atoms with E-state index in [0.717, 1.165) is 45.4 Å². The third-order valence-electron chi connectivity index (χ3n) is 3.27. The van der Waals surface area contributed by atoms with Crippen LogP contribution in [0.15, 0.2) is 0 Å². The van der Waals surface area contributed by atoms with E-state index in [1.807, 2.05) is 0 Å². The van der Waals surface area contributed by atoms with E-state index in [0.29, 0.717) is 0 Å². The summed E-state index contributed by atoms with van der Waals surface area (Å²) >= 11 is 0. The minimum Gasteiger partial charge on any atom is -0.370 e. The molecule has 0 aliphatic carbocycles. The summed E-state index contributed by atoms with van der Waals surface area (Å²) in [6, 6.07) is 2.07. The molecule has 11 heteroatoms. The largest absolute Gasteiger partial charge is 0.370 e. The molecule has 0 aromatic rings. The Morgan fingerprint density at radius 3 is 0.828 bits per heavy atom. The molecule has 0 N–H and O–H groups in total. The lowest BCUT2D eigenvalue weighted by Crippen LogP contribution is -2.61. The van der Waals surface area contributed by atoms with Crippen LogP contribution in [0, 0.1) is 0 Å². The van der Waals surface area contributed by atoms with Crippen LogP contribution < -0.4 is 0 Å². The van der Waals surface area contributed by atoms with E-state index < -0.39 is 45.2 Å². The van der Waals surface area contributed by atoms with Crippen LogP contribution >= 0.6 is 0 Å². The normalized spacial score (nSPS) is 15.3. The fourth-order valence-electron chi connectivity index (χ4n) is 3.15. The van der Waals surface area contributed by atoms with Gasteiger partial charge in [-0.05, 0) is 78.6 Å². The van der Waals surface area contributed by atoms with Crippen molar-refractivity contribution in [3.8, 4) is 0 Å². The van der Waals surface area contributed by atoms with E-state index in [1.165, 1.54) is 0 Å². The molecule has 0 bridgehead atoms. The van der Waals surface area contributed by atoms with Gasteiger partial charge in [0.05, 0.1) is 0 Å². The predicted octanol–water partition coefficient (Wildman–Crippen LogP) is 4.06. The Morgan fingerprint density at radius 2 is 0.690 bits per heavy atom. The summed E-state index contributed by atoms with van der Waals surface area (Å²) in [6.07, 6.45) is 1.45. The summed E-state index contributed by atoms with van der Waals surface area (Å²) in [4.78, 5) is 0. The molecule has 0 aliphatic heterocycles. The Hall–Kier alpha value is 1.10. The highest BCUT2D eigenvalue weighted by Crippen LogP contribution is 2.39. The predicted molar refractivity (Wildman–Crippen MR) is 143 cm³/mol. The first kappa shape index (κ1) is 30.1. The summed E-state index contributed by atoms with van der Waals surface area (Å²) in [6.45, 7) is 26.3. The summed E-state index contributed by atoms with van der Waals surface area (Å²) in [5.74, 6) is -2.18. The average Bonchev–Trinajstić information content (AvgIpc) is 2.28. The van der Waals surface area contributed by atoms with E-state index in [-0.39, 0.29) is 0 Å². The van der Waals surface area contributed by atoms with Gasteiger partial charge in [-0.2, -0.15) is 0 Å². The zero-order valence-corrected chi connectivity index (χ0v) is 29.9. The van der Waals surface area contributed by atoms with Crippen LogP contribution in [-0.2, 0) is 22.4 Å². The van der Waals surface area contributed by atoms with Crippen LogP contribution in [0.3, 0.4) is 0 Å². The van der Waals surface area contributed by atoms with Crippen LogP contribution in [0.4, 0.5) is 0 Å². The molecule has 0 unspecified atom stereocenters. The molecule has 0 aliphatic rings. The smallest absolute Gasteiger partial charge is 0.267 e. The molecule has 0 heterocycles. The topological polar surface area (TPSA) is 46.2 Å². The van der Waals surface area contributed by atoms with Crippen LogP contribution in [0.1, 0.15) is 12.8 Å². The molecule has 0 aromatic carbocycles. The van der Waals surface area contributed by atoms with Gasteiger partial charge in [0.1, 0.15) is 0 Å². The zero-order valence-electron chi connectivity index (χ0n) is 21.9. The summed E-state index contributed by atoms with van der Waals surface area (Å²) in [5.41, 5.74) is 0. The Kier molecular flexibility index (Phi) is 11.2. The van der Waals surface area contributed by atoms with Gasteiger partial charge in [0.2, 0.25) is 0 Å². The van der Waals surface area contributed by atoms with Crippen molar-refractivity contribution in [3.63, 3.8) is 0 Å². The van der Waals surface area contributed by atoms with Gasteiger partial charge in [-0.1, -0.05) is 12.1 Å². The molecular weight excluding hydrogens is 465 g/mol. The van der Waals surface area contributed by atoms with Gasteiger partial charge in [0.15, 0.2) is 33.3 Å². The van der Waals surface area contributed by atoms with Crippen molar-refractivity contribution in [3.05, 3.63) is 0 Å². The minimum absolute atomic E-state index is 0.723. The van der Waals surface area contributed by atoms with Crippen molar-refractivity contribution in [2.75, 3.05) is 0 Å². The van der Waals surface area contributed by atoms with E-state index in [1.54, 1.807) is 0 Å². The van der Waals surface area contributed by atoms with Crippen molar-refractivity contribution < 1.29 is 22.4 Å². The van der Waals surface area contributed by atoms with Gasteiger partial charge in [-0.15, -0.1) is 0 Å². The monoisotopic (exact) mass is 514 g/mol. The van der Waals surface area contributed by atoms with Crippen LogP contribution in [-0.4, -0.2) is 65.7 Å². The highest BCUT2D eigenvalue weighted by Gasteiger charge is 2.51. The van der Waals surface area contributed by atoms with Crippen LogP contribution in [0.2, 0.25) is 90.7 Å². The van der Waals surface area contributed by atoms with E-state index in [9.17, 15) is 0 Å². The molecule has 0 saturated heterocycles. The first-order chi connectivity index (χ1) is 12.7.